The third-order valence-corrected chi connectivity index (χ3v) is 2.99. The molecule has 0 fully saturated rings. The number of carbonyl (C=O) groups excluding carboxylic acids is 1. The SMILES string of the molecule is COCc1ccc(CNC(=O)Nc2cccc(F)c2F)cc1. The number of hydrogen-bond acceptors (Lipinski definition) is 2. The van der Waals surface area contributed by atoms with Crippen molar-refractivity contribution in [2.45, 2.75) is 13.2 Å². The van der Waals surface area contributed by atoms with Gasteiger partial charge in [0.2, 0.25) is 0 Å². The monoisotopic (exact) mass is 306 g/mol. The number of amides is 2. The van der Waals surface area contributed by atoms with Crippen molar-refractivity contribution in [3.05, 3.63) is 65.2 Å². The molecular weight excluding hydrogens is 290 g/mol. The number of benzene rings is 2. The quantitative estimate of drug-likeness (QED) is 0.889. The van der Waals surface area contributed by atoms with E-state index in [0.29, 0.717) is 6.61 Å². The highest BCUT2D eigenvalue weighted by atomic mass is 19.2. The van der Waals surface area contributed by atoms with Crippen molar-refractivity contribution in [2.75, 3.05) is 12.4 Å². The second kappa shape index (κ2) is 7.51. The Labute approximate surface area is 127 Å². The lowest BCUT2D eigenvalue weighted by molar-refractivity contribution is 0.185. The maximum Gasteiger partial charge on any atom is 0.319 e. The van der Waals surface area contributed by atoms with Crippen LogP contribution in [0.25, 0.3) is 0 Å². The first-order chi connectivity index (χ1) is 10.6. The molecule has 2 amide bonds. The number of ether oxygens (including phenoxy) is 1. The summed E-state index contributed by atoms with van der Waals surface area (Å²) in [4.78, 5) is 11.7. The molecule has 0 unspecified atom stereocenters. The fourth-order valence-corrected chi connectivity index (χ4v) is 1.87. The fraction of sp³-hybridized carbons (Fsp3) is 0.188. The fourth-order valence-electron chi connectivity index (χ4n) is 1.87. The lowest BCUT2D eigenvalue weighted by Gasteiger charge is -2.09. The van der Waals surface area contributed by atoms with E-state index in [4.69, 9.17) is 4.74 Å². The van der Waals surface area contributed by atoms with Gasteiger partial charge in [-0.25, -0.2) is 13.6 Å². The standard InChI is InChI=1S/C16H16F2N2O2/c1-22-10-12-7-5-11(6-8-12)9-19-16(21)20-14-4-2-3-13(17)15(14)18/h2-8H,9-10H2,1H3,(H2,19,20,21). The molecule has 0 bridgehead atoms. The second-order valence-corrected chi connectivity index (χ2v) is 4.66. The van der Waals surface area contributed by atoms with E-state index in [9.17, 15) is 13.6 Å². The Hall–Kier alpha value is -2.47. The van der Waals surface area contributed by atoms with Crippen molar-refractivity contribution < 1.29 is 18.3 Å². The topological polar surface area (TPSA) is 50.4 Å². The predicted molar refractivity (Wildman–Crippen MR) is 79.4 cm³/mol. The molecule has 0 aliphatic rings. The molecule has 0 spiro atoms. The van der Waals surface area contributed by atoms with Crippen molar-refractivity contribution in [3.8, 4) is 0 Å². The largest absolute Gasteiger partial charge is 0.380 e. The summed E-state index contributed by atoms with van der Waals surface area (Å²) < 4.78 is 31.4. The first-order valence-electron chi connectivity index (χ1n) is 6.66. The van der Waals surface area contributed by atoms with Crippen LogP contribution in [0.3, 0.4) is 0 Å². The van der Waals surface area contributed by atoms with Gasteiger partial charge < -0.3 is 15.4 Å². The van der Waals surface area contributed by atoms with Crippen LogP contribution >= 0.6 is 0 Å². The first-order valence-corrected chi connectivity index (χ1v) is 6.66. The maximum absolute atomic E-state index is 13.4. The lowest BCUT2D eigenvalue weighted by Crippen LogP contribution is -2.28. The van der Waals surface area contributed by atoms with Crippen LogP contribution in [0.5, 0.6) is 0 Å². The molecule has 0 heterocycles. The minimum Gasteiger partial charge on any atom is -0.380 e. The highest BCUT2D eigenvalue weighted by Crippen LogP contribution is 2.16. The predicted octanol–water partition coefficient (Wildman–Crippen LogP) is 3.43. The van der Waals surface area contributed by atoms with Crippen LogP contribution in [-0.2, 0) is 17.9 Å². The zero-order chi connectivity index (χ0) is 15.9. The van der Waals surface area contributed by atoms with E-state index in [1.807, 2.05) is 24.3 Å². The van der Waals surface area contributed by atoms with Crippen LogP contribution in [0.1, 0.15) is 11.1 Å². The van der Waals surface area contributed by atoms with Gasteiger partial charge in [0, 0.05) is 13.7 Å². The zero-order valence-electron chi connectivity index (χ0n) is 12.0. The second-order valence-electron chi connectivity index (χ2n) is 4.66. The molecule has 2 N–H and O–H groups in total. The molecule has 0 aromatic heterocycles. The lowest BCUT2D eigenvalue weighted by atomic mass is 10.1. The third-order valence-electron chi connectivity index (χ3n) is 2.99. The van der Waals surface area contributed by atoms with E-state index >= 15 is 0 Å². The average molecular weight is 306 g/mol. The molecule has 6 heteroatoms. The van der Waals surface area contributed by atoms with Crippen LogP contribution in [0.4, 0.5) is 19.3 Å². The summed E-state index contributed by atoms with van der Waals surface area (Å²) in [5.74, 6) is -2.09. The van der Waals surface area contributed by atoms with E-state index in [1.165, 1.54) is 12.1 Å². The normalized spacial score (nSPS) is 10.3. The van der Waals surface area contributed by atoms with Gasteiger partial charge in [0.15, 0.2) is 11.6 Å². The van der Waals surface area contributed by atoms with Gasteiger partial charge in [-0.05, 0) is 23.3 Å². The van der Waals surface area contributed by atoms with Crippen molar-refractivity contribution in [1.82, 2.24) is 5.32 Å². The molecule has 0 aliphatic carbocycles. The molecule has 0 atom stereocenters. The summed E-state index contributed by atoms with van der Waals surface area (Å²) in [6.45, 7) is 0.795. The van der Waals surface area contributed by atoms with Gasteiger partial charge in [0.05, 0.1) is 12.3 Å². The van der Waals surface area contributed by atoms with E-state index < -0.39 is 17.7 Å². The number of carbonyl (C=O) groups is 1. The van der Waals surface area contributed by atoms with Gasteiger partial charge in [0.25, 0.3) is 0 Å². The molecule has 2 aromatic carbocycles. The Morgan fingerprint density at radius 3 is 2.45 bits per heavy atom. The molecule has 0 radical (unpaired) electrons. The summed E-state index contributed by atoms with van der Waals surface area (Å²) in [6.07, 6.45) is 0. The van der Waals surface area contributed by atoms with Gasteiger partial charge in [-0.1, -0.05) is 30.3 Å². The van der Waals surface area contributed by atoms with Gasteiger partial charge in [-0.2, -0.15) is 0 Å². The summed E-state index contributed by atoms with van der Waals surface area (Å²) in [5.41, 5.74) is 1.71. The smallest absolute Gasteiger partial charge is 0.319 e. The molecule has 22 heavy (non-hydrogen) atoms. The van der Waals surface area contributed by atoms with E-state index in [1.54, 1.807) is 7.11 Å². The molecule has 0 saturated carbocycles. The number of methoxy groups -OCH3 is 1. The van der Waals surface area contributed by atoms with E-state index in [2.05, 4.69) is 10.6 Å². The van der Waals surface area contributed by atoms with Gasteiger partial charge in [-0.3, -0.25) is 0 Å². The van der Waals surface area contributed by atoms with Crippen molar-refractivity contribution in [1.29, 1.82) is 0 Å². The molecule has 2 rings (SSSR count). The van der Waals surface area contributed by atoms with Gasteiger partial charge >= 0.3 is 6.03 Å². The van der Waals surface area contributed by atoms with E-state index in [0.717, 1.165) is 17.2 Å². The Bertz CT molecular complexity index is 645. The molecule has 0 saturated heterocycles. The van der Waals surface area contributed by atoms with Crippen molar-refractivity contribution >= 4 is 11.7 Å². The zero-order valence-corrected chi connectivity index (χ0v) is 12.0. The molecule has 4 nitrogen and oxygen atoms in total. The molecule has 2 aromatic rings. The van der Waals surface area contributed by atoms with Gasteiger partial charge in [-0.15, -0.1) is 0 Å². The highest BCUT2D eigenvalue weighted by molar-refractivity contribution is 5.89. The third kappa shape index (κ3) is 4.26. The Morgan fingerprint density at radius 1 is 1.09 bits per heavy atom. The number of urea groups is 1. The van der Waals surface area contributed by atoms with E-state index in [-0.39, 0.29) is 12.2 Å². The van der Waals surface area contributed by atoms with Crippen molar-refractivity contribution in [3.63, 3.8) is 0 Å². The molecule has 0 aliphatic heterocycles. The van der Waals surface area contributed by atoms with Crippen LogP contribution in [-0.4, -0.2) is 13.1 Å². The molecular formula is C16H16F2N2O2. The van der Waals surface area contributed by atoms with Gasteiger partial charge in [0.1, 0.15) is 0 Å². The molecule has 116 valence electrons. The number of rotatable bonds is 5. The number of hydrogen-bond donors (Lipinski definition) is 2. The Balaban J connectivity index is 1.88. The summed E-state index contributed by atoms with van der Waals surface area (Å²) in [6, 6.07) is 10.5. The summed E-state index contributed by atoms with van der Waals surface area (Å²) >= 11 is 0. The first kappa shape index (κ1) is 15.9. The minimum absolute atomic E-state index is 0.201. The number of anilines is 1. The number of nitrogens with one attached hydrogen (secondary N) is 2. The van der Waals surface area contributed by atoms with Crippen LogP contribution in [0.2, 0.25) is 0 Å². The van der Waals surface area contributed by atoms with Crippen LogP contribution in [0.15, 0.2) is 42.5 Å². The Kier molecular flexibility index (Phi) is 5.43. The average Bonchev–Trinajstić information content (AvgIpc) is 2.51. The highest BCUT2D eigenvalue weighted by Gasteiger charge is 2.10. The van der Waals surface area contributed by atoms with Crippen LogP contribution < -0.4 is 10.6 Å². The number of halogens is 2. The van der Waals surface area contributed by atoms with Crippen molar-refractivity contribution in [2.24, 2.45) is 0 Å². The van der Waals surface area contributed by atoms with Crippen LogP contribution in [0, 0.1) is 11.6 Å². The summed E-state index contributed by atoms with van der Waals surface area (Å²) in [7, 11) is 1.62. The maximum atomic E-state index is 13.4. The minimum atomic E-state index is -1.08. The summed E-state index contributed by atoms with van der Waals surface area (Å²) in [5, 5.41) is 4.84. The Morgan fingerprint density at radius 2 is 1.77 bits per heavy atom.